The van der Waals surface area contributed by atoms with E-state index < -0.39 is 11.7 Å². The van der Waals surface area contributed by atoms with Gasteiger partial charge in [-0.25, -0.2) is 4.39 Å². The molecule has 0 unspecified atom stereocenters. The number of nitrogens with zero attached hydrogens (tertiary/aromatic N) is 3. The zero-order chi connectivity index (χ0) is 15.4. The Morgan fingerprint density at radius 2 is 2.33 bits per heavy atom. The van der Waals surface area contributed by atoms with Crippen LogP contribution in [0, 0.1) is 5.82 Å². The molecule has 0 saturated carbocycles. The highest BCUT2D eigenvalue weighted by Crippen LogP contribution is 2.20. The molecule has 0 radical (unpaired) electrons. The second kappa shape index (κ2) is 6.27. The Morgan fingerprint density at radius 1 is 1.57 bits per heavy atom. The van der Waals surface area contributed by atoms with Crippen molar-refractivity contribution in [3.05, 3.63) is 40.2 Å². The average molecular weight is 309 g/mol. The van der Waals surface area contributed by atoms with E-state index in [4.69, 9.17) is 10.9 Å². The summed E-state index contributed by atoms with van der Waals surface area (Å²) in [6, 6.07) is 3.56. The summed E-state index contributed by atoms with van der Waals surface area (Å²) in [4.78, 5) is 12.6. The molecule has 110 valence electrons. The van der Waals surface area contributed by atoms with Crippen LogP contribution in [0.1, 0.15) is 27.9 Å². The molecule has 0 aliphatic carbocycles. The van der Waals surface area contributed by atoms with Gasteiger partial charge in [-0.3, -0.25) is 4.79 Å². The standard InChI is InChI=1S/C12H12FN5O2S/c1-2-8-10(21-18-16-8)12(19)15-9-4-3-6(13)5-7(9)11(14)17-20/h3-5,20H,2H2,1H3,(H2,14,17)(H,15,19). The van der Waals surface area contributed by atoms with Gasteiger partial charge in [-0.1, -0.05) is 16.6 Å². The molecule has 0 aliphatic heterocycles. The fourth-order valence-corrected chi connectivity index (χ4v) is 2.33. The summed E-state index contributed by atoms with van der Waals surface area (Å²) >= 11 is 0.967. The minimum Gasteiger partial charge on any atom is -0.409 e. The number of aryl methyl sites for hydroxylation is 1. The van der Waals surface area contributed by atoms with Crippen LogP contribution in [0.3, 0.4) is 0 Å². The lowest BCUT2D eigenvalue weighted by Crippen LogP contribution is -2.19. The van der Waals surface area contributed by atoms with Crippen LogP contribution in [0.15, 0.2) is 23.4 Å². The van der Waals surface area contributed by atoms with E-state index in [2.05, 4.69) is 20.1 Å². The maximum absolute atomic E-state index is 13.3. The molecule has 7 nitrogen and oxygen atoms in total. The van der Waals surface area contributed by atoms with Gasteiger partial charge < -0.3 is 16.3 Å². The minimum absolute atomic E-state index is 0.0846. The van der Waals surface area contributed by atoms with Gasteiger partial charge in [-0.05, 0) is 36.2 Å². The number of benzene rings is 1. The maximum atomic E-state index is 13.3. The zero-order valence-corrected chi connectivity index (χ0v) is 11.8. The van der Waals surface area contributed by atoms with Crippen molar-refractivity contribution in [2.45, 2.75) is 13.3 Å². The van der Waals surface area contributed by atoms with Crippen molar-refractivity contribution in [1.82, 2.24) is 9.59 Å². The van der Waals surface area contributed by atoms with Gasteiger partial charge in [-0.2, -0.15) is 0 Å². The van der Waals surface area contributed by atoms with Gasteiger partial charge in [0.05, 0.1) is 11.4 Å². The van der Waals surface area contributed by atoms with Crippen molar-refractivity contribution in [3.8, 4) is 0 Å². The third kappa shape index (κ3) is 3.14. The summed E-state index contributed by atoms with van der Waals surface area (Å²) < 4.78 is 17.0. The van der Waals surface area contributed by atoms with E-state index in [0.717, 1.165) is 23.7 Å². The monoisotopic (exact) mass is 309 g/mol. The first-order valence-corrected chi connectivity index (χ1v) is 6.74. The molecule has 21 heavy (non-hydrogen) atoms. The number of anilines is 1. The number of nitrogens with one attached hydrogen (secondary N) is 1. The summed E-state index contributed by atoms with van der Waals surface area (Å²) in [6.45, 7) is 1.85. The van der Waals surface area contributed by atoms with E-state index in [-0.39, 0.29) is 17.1 Å². The molecule has 0 bridgehead atoms. The Bertz CT molecular complexity index is 701. The summed E-state index contributed by atoms with van der Waals surface area (Å²) in [6.07, 6.45) is 0.565. The van der Waals surface area contributed by atoms with Gasteiger partial charge in [0.15, 0.2) is 5.84 Å². The molecule has 1 heterocycles. The first-order chi connectivity index (χ1) is 10.1. The third-order valence-electron chi connectivity index (χ3n) is 2.71. The quantitative estimate of drug-likeness (QED) is 0.343. The van der Waals surface area contributed by atoms with Crippen molar-refractivity contribution >= 4 is 29.0 Å². The van der Waals surface area contributed by atoms with Gasteiger partial charge in [0.1, 0.15) is 10.7 Å². The van der Waals surface area contributed by atoms with Gasteiger partial charge in [-0.15, -0.1) is 5.10 Å². The average Bonchev–Trinajstić information content (AvgIpc) is 2.96. The molecule has 1 amide bonds. The SMILES string of the molecule is CCc1nnsc1C(=O)Nc1ccc(F)cc1/C(N)=N/O. The highest BCUT2D eigenvalue weighted by Gasteiger charge is 2.17. The molecule has 1 aromatic heterocycles. The van der Waals surface area contributed by atoms with Crippen molar-refractivity contribution in [1.29, 1.82) is 0 Å². The van der Waals surface area contributed by atoms with Crippen LogP contribution in [-0.2, 0) is 6.42 Å². The molecule has 0 saturated heterocycles. The van der Waals surface area contributed by atoms with Crippen molar-refractivity contribution < 1.29 is 14.4 Å². The van der Waals surface area contributed by atoms with Crippen LogP contribution >= 0.6 is 11.5 Å². The lowest BCUT2D eigenvalue weighted by Gasteiger charge is -2.09. The molecule has 0 fully saturated rings. The summed E-state index contributed by atoms with van der Waals surface area (Å²) in [5, 5.41) is 18.0. The maximum Gasteiger partial charge on any atom is 0.269 e. The fourth-order valence-electron chi connectivity index (χ4n) is 1.68. The summed E-state index contributed by atoms with van der Waals surface area (Å²) in [5.74, 6) is -1.30. The number of carbonyl (C=O) groups excluding carboxylic acids is 1. The fraction of sp³-hybridized carbons (Fsp3) is 0.167. The number of carbonyl (C=O) groups is 1. The van der Waals surface area contributed by atoms with Crippen molar-refractivity contribution in [3.63, 3.8) is 0 Å². The predicted octanol–water partition coefficient (Wildman–Crippen LogP) is 1.59. The lowest BCUT2D eigenvalue weighted by atomic mass is 10.1. The van der Waals surface area contributed by atoms with Crippen LogP contribution in [0.5, 0.6) is 0 Å². The number of aromatic nitrogens is 2. The molecule has 1 aromatic carbocycles. The van der Waals surface area contributed by atoms with Crippen LogP contribution in [0.25, 0.3) is 0 Å². The molecule has 2 aromatic rings. The van der Waals surface area contributed by atoms with Gasteiger partial charge >= 0.3 is 0 Å². The zero-order valence-electron chi connectivity index (χ0n) is 11.0. The van der Waals surface area contributed by atoms with Gasteiger partial charge in [0, 0.05) is 5.56 Å². The first kappa shape index (κ1) is 14.9. The first-order valence-electron chi connectivity index (χ1n) is 5.96. The van der Waals surface area contributed by atoms with E-state index in [0.29, 0.717) is 17.0 Å². The van der Waals surface area contributed by atoms with Crippen LogP contribution in [0.4, 0.5) is 10.1 Å². The lowest BCUT2D eigenvalue weighted by molar-refractivity contribution is 0.102. The normalized spacial score (nSPS) is 11.4. The second-order valence-electron chi connectivity index (χ2n) is 4.03. The van der Waals surface area contributed by atoms with E-state index in [9.17, 15) is 9.18 Å². The largest absolute Gasteiger partial charge is 0.409 e. The number of rotatable bonds is 4. The smallest absolute Gasteiger partial charge is 0.269 e. The molecule has 0 atom stereocenters. The Morgan fingerprint density at radius 3 is 3.00 bits per heavy atom. The molecule has 2 rings (SSSR count). The van der Waals surface area contributed by atoms with Crippen LogP contribution in [-0.4, -0.2) is 26.5 Å². The van der Waals surface area contributed by atoms with Gasteiger partial charge in [0.2, 0.25) is 0 Å². The highest BCUT2D eigenvalue weighted by atomic mass is 32.1. The number of amidine groups is 1. The highest BCUT2D eigenvalue weighted by molar-refractivity contribution is 7.08. The third-order valence-corrected chi connectivity index (χ3v) is 3.48. The number of nitrogens with two attached hydrogens (primary N) is 1. The summed E-state index contributed by atoms with van der Waals surface area (Å²) in [7, 11) is 0. The number of halogens is 1. The predicted molar refractivity (Wildman–Crippen MR) is 76.2 cm³/mol. The molecule has 9 heteroatoms. The Labute approximate surface area is 123 Å². The van der Waals surface area contributed by atoms with E-state index in [1.165, 1.54) is 6.07 Å². The topological polar surface area (TPSA) is 113 Å². The van der Waals surface area contributed by atoms with Crippen LogP contribution in [0.2, 0.25) is 0 Å². The second-order valence-corrected chi connectivity index (χ2v) is 4.79. The van der Waals surface area contributed by atoms with E-state index in [1.54, 1.807) is 0 Å². The molecule has 4 N–H and O–H groups in total. The Hall–Kier alpha value is -2.55. The number of hydrogen-bond donors (Lipinski definition) is 3. The van der Waals surface area contributed by atoms with Crippen molar-refractivity contribution in [2.75, 3.05) is 5.32 Å². The van der Waals surface area contributed by atoms with Crippen molar-refractivity contribution in [2.24, 2.45) is 10.9 Å². The summed E-state index contributed by atoms with van der Waals surface area (Å²) in [5.41, 5.74) is 6.36. The molecular formula is C12H12FN5O2S. The number of hydrogen-bond acceptors (Lipinski definition) is 6. The minimum atomic E-state index is -0.566. The number of oxime groups is 1. The van der Waals surface area contributed by atoms with E-state index in [1.807, 2.05) is 6.92 Å². The Kier molecular flexibility index (Phi) is 4.43. The van der Waals surface area contributed by atoms with Crippen LogP contribution < -0.4 is 11.1 Å². The molecule has 0 spiro atoms. The molecular weight excluding hydrogens is 297 g/mol. The molecule has 0 aliphatic rings. The van der Waals surface area contributed by atoms with Gasteiger partial charge in [0.25, 0.3) is 5.91 Å². The number of amides is 1. The Balaban J connectivity index is 2.34. The van der Waals surface area contributed by atoms with E-state index >= 15 is 0 Å².